The van der Waals surface area contributed by atoms with Crippen molar-refractivity contribution in [2.75, 3.05) is 10.6 Å². The minimum Gasteiger partial charge on any atom is -0.323 e. The molecule has 2 amide bonds. The average Bonchev–Trinajstić information content (AvgIpc) is 2.45. The molecular formula is C15H11Cl2FN2O2. The largest absolute Gasteiger partial charge is 0.323 e. The quantitative estimate of drug-likeness (QED) is 0.823. The molecule has 0 atom stereocenters. The van der Waals surface area contributed by atoms with Crippen molar-refractivity contribution in [3.05, 3.63) is 58.3 Å². The summed E-state index contributed by atoms with van der Waals surface area (Å²) in [6.45, 7) is 0. The normalized spacial score (nSPS) is 10.1. The maximum atomic E-state index is 13.4. The van der Waals surface area contributed by atoms with Crippen LogP contribution in [0.5, 0.6) is 0 Å². The number of halogens is 3. The third-order valence-electron chi connectivity index (χ3n) is 2.70. The van der Waals surface area contributed by atoms with Crippen LogP contribution in [0, 0.1) is 5.82 Å². The highest BCUT2D eigenvalue weighted by atomic mass is 35.5. The minimum atomic E-state index is -0.647. The Morgan fingerprint density at radius 2 is 1.50 bits per heavy atom. The van der Waals surface area contributed by atoms with Crippen LogP contribution in [0.3, 0.4) is 0 Å². The van der Waals surface area contributed by atoms with Crippen molar-refractivity contribution in [2.45, 2.75) is 6.42 Å². The fourth-order valence-electron chi connectivity index (χ4n) is 1.70. The van der Waals surface area contributed by atoms with E-state index in [0.717, 1.165) is 0 Å². The van der Waals surface area contributed by atoms with E-state index in [2.05, 4.69) is 10.6 Å². The first-order valence-electron chi connectivity index (χ1n) is 6.25. The van der Waals surface area contributed by atoms with Crippen LogP contribution in [0.2, 0.25) is 10.0 Å². The zero-order valence-electron chi connectivity index (χ0n) is 11.2. The Labute approximate surface area is 136 Å². The maximum absolute atomic E-state index is 13.4. The Bertz CT molecular complexity index is 702. The lowest BCUT2D eigenvalue weighted by Gasteiger charge is -2.09. The highest BCUT2D eigenvalue weighted by Gasteiger charge is 2.14. The predicted molar refractivity (Wildman–Crippen MR) is 84.7 cm³/mol. The highest BCUT2D eigenvalue weighted by Crippen LogP contribution is 2.29. The summed E-state index contributed by atoms with van der Waals surface area (Å²) in [7, 11) is 0. The summed E-state index contributed by atoms with van der Waals surface area (Å²) in [6.07, 6.45) is -0.490. The summed E-state index contributed by atoms with van der Waals surface area (Å²) in [4.78, 5) is 23.6. The number of carbonyl (C=O) groups is 2. The maximum Gasteiger partial charge on any atom is 0.233 e. The zero-order chi connectivity index (χ0) is 16.1. The van der Waals surface area contributed by atoms with Gasteiger partial charge in [-0.2, -0.15) is 0 Å². The fourth-order valence-corrected chi connectivity index (χ4v) is 2.20. The first-order chi connectivity index (χ1) is 10.5. The summed E-state index contributed by atoms with van der Waals surface area (Å²) in [5.74, 6) is -1.83. The molecule has 4 nitrogen and oxygen atoms in total. The Kier molecular flexibility index (Phi) is 5.35. The van der Waals surface area contributed by atoms with E-state index in [1.807, 2.05) is 0 Å². The van der Waals surface area contributed by atoms with Gasteiger partial charge in [0.25, 0.3) is 0 Å². The second-order valence-electron chi connectivity index (χ2n) is 4.35. The second-order valence-corrected chi connectivity index (χ2v) is 5.16. The summed E-state index contributed by atoms with van der Waals surface area (Å²) in [5, 5.41) is 5.29. The molecule has 0 spiro atoms. The molecule has 114 valence electrons. The van der Waals surface area contributed by atoms with Crippen molar-refractivity contribution >= 4 is 46.4 Å². The molecule has 0 unspecified atom stereocenters. The van der Waals surface area contributed by atoms with Crippen molar-refractivity contribution in [2.24, 2.45) is 0 Å². The van der Waals surface area contributed by atoms with E-state index >= 15 is 0 Å². The summed E-state index contributed by atoms with van der Waals surface area (Å²) in [5.41, 5.74) is 0.241. The first-order valence-corrected chi connectivity index (χ1v) is 7.01. The summed E-state index contributed by atoms with van der Waals surface area (Å²) < 4.78 is 13.4. The SMILES string of the molecule is O=C(CC(=O)Nc1c(Cl)cccc1Cl)Nc1ccccc1F. The number of amides is 2. The molecule has 2 rings (SSSR count). The molecule has 0 fully saturated rings. The van der Waals surface area contributed by atoms with Crippen LogP contribution in [0.4, 0.5) is 15.8 Å². The Morgan fingerprint density at radius 1 is 0.909 bits per heavy atom. The molecule has 0 bridgehead atoms. The van der Waals surface area contributed by atoms with Gasteiger partial charge in [-0.05, 0) is 24.3 Å². The van der Waals surface area contributed by atoms with Crippen molar-refractivity contribution in [3.8, 4) is 0 Å². The molecule has 0 saturated heterocycles. The summed E-state index contributed by atoms with van der Waals surface area (Å²) >= 11 is 11.8. The van der Waals surface area contributed by atoms with Crippen LogP contribution in [0.1, 0.15) is 6.42 Å². The number of rotatable bonds is 4. The Hall–Kier alpha value is -2.11. The highest BCUT2D eigenvalue weighted by molar-refractivity contribution is 6.39. The van der Waals surface area contributed by atoms with Gasteiger partial charge in [0.1, 0.15) is 12.2 Å². The predicted octanol–water partition coefficient (Wildman–Crippen LogP) is 4.10. The van der Waals surface area contributed by atoms with Crippen LogP contribution in [-0.4, -0.2) is 11.8 Å². The van der Waals surface area contributed by atoms with Crippen molar-refractivity contribution < 1.29 is 14.0 Å². The molecular weight excluding hydrogens is 330 g/mol. The monoisotopic (exact) mass is 340 g/mol. The topological polar surface area (TPSA) is 58.2 Å². The van der Waals surface area contributed by atoms with Gasteiger partial charge in [-0.1, -0.05) is 41.4 Å². The van der Waals surface area contributed by atoms with Crippen LogP contribution in [-0.2, 0) is 9.59 Å². The van der Waals surface area contributed by atoms with Gasteiger partial charge in [-0.3, -0.25) is 9.59 Å². The molecule has 22 heavy (non-hydrogen) atoms. The molecule has 2 N–H and O–H groups in total. The lowest BCUT2D eigenvalue weighted by molar-refractivity contribution is -0.123. The molecule has 7 heteroatoms. The van der Waals surface area contributed by atoms with Gasteiger partial charge < -0.3 is 10.6 Å². The Balaban J connectivity index is 1.98. The average molecular weight is 341 g/mol. The van der Waals surface area contributed by atoms with E-state index < -0.39 is 24.1 Å². The van der Waals surface area contributed by atoms with Crippen molar-refractivity contribution in [3.63, 3.8) is 0 Å². The molecule has 2 aromatic rings. The smallest absolute Gasteiger partial charge is 0.233 e. The number of hydrogen-bond acceptors (Lipinski definition) is 2. The number of nitrogens with one attached hydrogen (secondary N) is 2. The van der Waals surface area contributed by atoms with Gasteiger partial charge in [0.2, 0.25) is 11.8 Å². The number of hydrogen-bond donors (Lipinski definition) is 2. The molecule has 0 aliphatic rings. The molecule has 0 radical (unpaired) electrons. The van der Waals surface area contributed by atoms with Crippen LogP contribution >= 0.6 is 23.2 Å². The lowest BCUT2D eigenvalue weighted by atomic mass is 10.2. The first kappa shape index (κ1) is 16.3. The third-order valence-corrected chi connectivity index (χ3v) is 3.33. The van der Waals surface area contributed by atoms with Gasteiger partial charge in [0.05, 0.1) is 21.4 Å². The third kappa shape index (κ3) is 4.19. The van der Waals surface area contributed by atoms with Crippen molar-refractivity contribution in [1.29, 1.82) is 0 Å². The molecule has 0 heterocycles. The van der Waals surface area contributed by atoms with Gasteiger partial charge in [0, 0.05) is 0 Å². The number of benzene rings is 2. The van der Waals surface area contributed by atoms with Gasteiger partial charge in [-0.25, -0.2) is 4.39 Å². The van der Waals surface area contributed by atoms with Gasteiger partial charge in [-0.15, -0.1) is 0 Å². The molecule has 0 saturated carbocycles. The van der Waals surface area contributed by atoms with E-state index in [1.165, 1.54) is 18.2 Å². The Morgan fingerprint density at radius 3 is 2.14 bits per heavy atom. The zero-order valence-corrected chi connectivity index (χ0v) is 12.7. The standard InChI is InChI=1S/C15H11Cl2FN2O2/c16-9-4-3-5-10(17)15(9)20-14(22)8-13(21)19-12-7-2-1-6-11(12)18/h1-7H,8H2,(H,19,21)(H,20,22). The van der Waals surface area contributed by atoms with E-state index in [4.69, 9.17) is 23.2 Å². The second kappa shape index (κ2) is 7.24. The van der Waals surface area contributed by atoms with Crippen LogP contribution in [0.25, 0.3) is 0 Å². The summed E-state index contributed by atoms with van der Waals surface area (Å²) in [6, 6.07) is 10.4. The van der Waals surface area contributed by atoms with E-state index in [1.54, 1.807) is 24.3 Å². The van der Waals surface area contributed by atoms with Crippen LogP contribution < -0.4 is 10.6 Å². The van der Waals surface area contributed by atoms with Gasteiger partial charge >= 0.3 is 0 Å². The van der Waals surface area contributed by atoms with E-state index in [9.17, 15) is 14.0 Å². The number of para-hydroxylation sites is 2. The molecule has 0 aromatic heterocycles. The minimum absolute atomic E-state index is 0.0103. The fraction of sp³-hybridized carbons (Fsp3) is 0.0667. The molecule has 2 aromatic carbocycles. The molecule has 0 aliphatic carbocycles. The van der Waals surface area contributed by atoms with Crippen LogP contribution in [0.15, 0.2) is 42.5 Å². The van der Waals surface area contributed by atoms with E-state index in [-0.39, 0.29) is 21.4 Å². The molecule has 0 aliphatic heterocycles. The van der Waals surface area contributed by atoms with E-state index in [0.29, 0.717) is 0 Å². The van der Waals surface area contributed by atoms with Crippen molar-refractivity contribution in [1.82, 2.24) is 0 Å². The number of carbonyl (C=O) groups excluding carboxylic acids is 2. The number of anilines is 2. The lowest BCUT2D eigenvalue weighted by Crippen LogP contribution is -2.22. The van der Waals surface area contributed by atoms with Gasteiger partial charge in [0.15, 0.2) is 0 Å².